The van der Waals surface area contributed by atoms with Crippen LogP contribution in [0.5, 0.6) is 0 Å². The highest BCUT2D eigenvalue weighted by molar-refractivity contribution is 5.96. The SMILES string of the molecule is Cc1nccc(CNC(=O)c2ccc(NN)cc2C)n1. The van der Waals surface area contributed by atoms with E-state index in [1.165, 1.54) is 0 Å². The molecule has 4 N–H and O–H groups in total. The van der Waals surface area contributed by atoms with Gasteiger partial charge in [-0.15, -0.1) is 0 Å². The normalized spacial score (nSPS) is 10.2. The molecule has 1 aromatic heterocycles. The molecule has 0 saturated heterocycles. The van der Waals surface area contributed by atoms with Gasteiger partial charge in [-0.05, 0) is 43.7 Å². The Morgan fingerprint density at radius 1 is 1.30 bits per heavy atom. The van der Waals surface area contributed by atoms with Crippen molar-refractivity contribution in [1.29, 1.82) is 0 Å². The van der Waals surface area contributed by atoms with Gasteiger partial charge in [0.25, 0.3) is 5.91 Å². The lowest BCUT2D eigenvalue weighted by molar-refractivity contribution is 0.0950. The highest BCUT2D eigenvalue weighted by atomic mass is 16.1. The quantitative estimate of drug-likeness (QED) is 0.576. The van der Waals surface area contributed by atoms with Crippen LogP contribution in [0.1, 0.15) is 27.4 Å². The number of nitrogens with two attached hydrogens (primary N) is 1. The summed E-state index contributed by atoms with van der Waals surface area (Å²) >= 11 is 0. The lowest BCUT2D eigenvalue weighted by atomic mass is 10.1. The van der Waals surface area contributed by atoms with Gasteiger partial charge in [0.2, 0.25) is 0 Å². The van der Waals surface area contributed by atoms with Crippen LogP contribution in [0.4, 0.5) is 5.69 Å². The van der Waals surface area contributed by atoms with E-state index in [4.69, 9.17) is 5.84 Å². The Bertz CT molecular complexity index is 627. The van der Waals surface area contributed by atoms with Gasteiger partial charge in [0, 0.05) is 17.4 Å². The van der Waals surface area contributed by atoms with E-state index in [2.05, 4.69) is 20.7 Å². The average molecular weight is 271 g/mol. The number of nitrogens with zero attached hydrogens (tertiary/aromatic N) is 2. The van der Waals surface area contributed by atoms with Gasteiger partial charge in [0.15, 0.2) is 0 Å². The number of aromatic nitrogens is 2. The Labute approximate surface area is 117 Å². The van der Waals surface area contributed by atoms with Gasteiger partial charge in [-0.3, -0.25) is 10.6 Å². The highest BCUT2D eigenvalue weighted by Gasteiger charge is 2.09. The first-order valence-electron chi connectivity index (χ1n) is 6.24. The third-order valence-corrected chi connectivity index (χ3v) is 2.90. The Kier molecular flexibility index (Phi) is 4.27. The molecule has 6 heteroatoms. The zero-order valence-corrected chi connectivity index (χ0v) is 11.5. The molecule has 1 heterocycles. The highest BCUT2D eigenvalue weighted by Crippen LogP contribution is 2.14. The van der Waals surface area contributed by atoms with Crippen LogP contribution < -0.4 is 16.6 Å². The number of amides is 1. The molecule has 2 rings (SSSR count). The largest absolute Gasteiger partial charge is 0.346 e. The van der Waals surface area contributed by atoms with Crippen molar-refractivity contribution in [3.05, 3.63) is 53.1 Å². The Morgan fingerprint density at radius 3 is 2.75 bits per heavy atom. The first kappa shape index (κ1) is 14.0. The number of nitrogens with one attached hydrogen (secondary N) is 2. The molecule has 2 aromatic rings. The van der Waals surface area contributed by atoms with Crippen molar-refractivity contribution in [3.8, 4) is 0 Å². The molecule has 0 spiro atoms. The van der Waals surface area contributed by atoms with Crippen LogP contribution in [0, 0.1) is 13.8 Å². The van der Waals surface area contributed by atoms with Gasteiger partial charge in [-0.1, -0.05) is 0 Å². The minimum Gasteiger partial charge on any atom is -0.346 e. The van der Waals surface area contributed by atoms with E-state index in [0.29, 0.717) is 17.9 Å². The molecule has 0 atom stereocenters. The topological polar surface area (TPSA) is 92.9 Å². The summed E-state index contributed by atoms with van der Waals surface area (Å²) in [6.07, 6.45) is 1.68. The Balaban J connectivity index is 2.05. The van der Waals surface area contributed by atoms with Gasteiger partial charge >= 0.3 is 0 Å². The number of rotatable bonds is 4. The van der Waals surface area contributed by atoms with Crippen LogP contribution >= 0.6 is 0 Å². The second kappa shape index (κ2) is 6.12. The van der Waals surface area contributed by atoms with Gasteiger partial charge in [0.05, 0.1) is 12.2 Å². The van der Waals surface area contributed by atoms with Crippen molar-refractivity contribution < 1.29 is 4.79 Å². The zero-order chi connectivity index (χ0) is 14.5. The molecule has 0 aliphatic rings. The molecule has 104 valence electrons. The minimum atomic E-state index is -0.137. The zero-order valence-electron chi connectivity index (χ0n) is 11.5. The molecular weight excluding hydrogens is 254 g/mol. The number of carbonyl (C=O) groups excluding carboxylic acids is 1. The van der Waals surface area contributed by atoms with Crippen LogP contribution in [0.3, 0.4) is 0 Å². The monoisotopic (exact) mass is 271 g/mol. The van der Waals surface area contributed by atoms with Crippen molar-refractivity contribution >= 4 is 11.6 Å². The standard InChI is InChI=1S/C14H17N5O/c1-9-7-11(19-15)3-4-13(9)14(20)17-8-12-5-6-16-10(2)18-12/h3-7,19H,8,15H2,1-2H3,(H,17,20). The maximum Gasteiger partial charge on any atom is 0.251 e. The predicted octanol–water partition coefficient (Wildman–Crippen LogP) is 1.31. The number of benzene rings is 1. The van der Waals surface area contributed by atoms with E-state index in [9.17, 15) is 4.79 Å². The summed E-state index contributed by atoms with van der Waals surface area (Å²) in [5.41, 5.74) is 5.58. The predicted molar refractivity (Wildman–Crippen MR) is 76.9 cm³/mol. The van der Waals surface area contributed by atoms with E-state index >= 15 is 0 Å². The number of hydrazine groups is 1. The van der Waals surface area contributed by atoms with Crippen LogP contribution in [-0.2, 0) is 6.54 Å². The number of carbonyl (C=O) groups is 1. The molecule has 20 heavy (non-hydrogen) atoms. The summed E-state index contributed by atoms with van der Waals surface area (Å²) in [7, 11) is 0. The molecule has 0 aliphatic heterocycles. The number of nitrogen functional groups attached to an aromatic ring is 1. The summed E-state index contributed by atoms with van der Waals surface area (Å²) in [4.78, 5) is 20.4. The second-order valence-corrected chi connectivity index (χ2v) is 4.45. The van der Waals surface area contributed by atoms with Gasteiger partial charge in [-0.2, -0.15) is 0 Å². The average Bonchev–Trinajstić information content (AvgIpc) is 2.44. The Morgan fingerprint density at radius 2 is 2.10 bits per heavy atom. The summed E-state index contributed by atoms with van der Waals surface area (Å²) in [5.74, 6) is 5.88. The van der Waals surface area contributed by atoms with Crippen molar-refractivity contribution in [2.45, 2.75) is 20.4 Å². The minimum absolute atomic E-state index is 0.137. The van der Waals surface area contributed by atoms with E-state index in [1.54, 1.807) is 24.4 Å². The molecule has 6 nitrogen and oxygen atoms in total. The van der Waals surface area contributed by atoms with Gasteiger partial charge in [-0.25, -0.2) is 9.97 Å². The number of hydrogen-bond acceptors (Lipinski definition) is 5. The summed E-state index contributed by atoms with van der Waals surface area (Å²) in [5, 5.41) is 2.84. The lowest BCUT2D eigenvalue weighted by Crippen LogP contribution is -2.24. The number of hydrogen-bond donors (Lipinski definition) is 3. The van der Waals surface area contributed by atoms with Crippen LogP contribution in [0.25, 0.3) is 0 Å². The third-order valence-electron chi connectivity index (χ3n) is 2.90. The van der Waals surface area contributed by atoms with E-state index in [-0.39, 0.29) is 5.91 Å². The second-order valence-electron chi connectivity index (χ2n) is 4.45. The summed E-state index contributed by atoms with van der Waals surface area (Å²) < 4.78 is 0. The van der Waals surface area contributed by atoms with Crippen molar-refractivity contribution in [1.82, 2.24) is 15.3 Å². The molecule has 0 bridgehead atoms. The summed E-state index contributed by atoms with van der Waals surface area (Å²) in [6, 6.07) is 7.10. The van der Waals surface area contributed by atoms with Crippen LogP contribution in [0.2, 0.25) is 0 Å². The fraction of sp³-hybridized carbons (Fsp3) is 0.214. The number of aryl methyl sites for hydroxylation is 2. The van der Waals surface area contributed by atoms with Crippen molar-refractivity contribution in [2.75, 3.05) is 5.43 Å². The first-order chi connectivity index (χ1) is 9.60. The fourth-order valence-electron chi connectivity index (χ4n) is 1.88. The van der Waals surface area contributed by atoms with Gasteiger partial charge in [0.1, 0.15) is 5.82 Å². The molecule has 0 fully saturated rings. The van der Waals surface area contributed by atoms with E-state index in [0.717, 1.165) is 16.9 Å². The maximum absolute atomic E-state index is 12.1. The van der Waals surface area contributed by atoms with Crippen LogP contribution in [0.15, 0.2) is 30.5 Å². The molecule has 0 aliphatic carbocycles. The van der Waals surface area contributed by atoms with Gasteiger partial charge < -0.3 is 10.7 Å². The molecular formula is C14H17N5O. The third kappa shape index (κ3) is 3.30. The molecule has 1 aromatic carbocycles. The van der Waals surface area contributed by atoms with Crippen molar-refractivity contribution in [3.63, 3.8) is 0 Å². The summed E-state index contributed by atoms with van der Waals surface area (Å²) in [6.45, 7) is 4.05. The van der Waals surface area contributed by atoms with E-state index < -0.39 is 0 Å². The molecule has 0 unspecified atom stereocenters. The van der Waals surface area contributed by atoms with Crippen molar-refractivity contribution in [2.24, 2.45) is 5.84 Å². The number of anilines is 1. The molecule has 0 saturated carbocycles. The maximum atomic E-state index is 12.1. The molecule has 1 amide bonds. The first-order valence-corrected chi connectivity index (χ1v) is 6.24. The Hall–Kier alpha value is -2.47. The fourth-order valence-corrected chi connectivity index (χ4v) is 1.88. The lowest BCUT2D eigenvalue weighted by Gasteiger charge is -2.09. The van der Waals surface area contributed by atoms with E-state index in [1.807, 2.05) is 19.9 Å². The molecule has 0 radical (unpaired) electrons. The smallest absolute Gasteiger partial charge is 0.251 e. The van der Waals surface area contributed by atoms with Crippen LogP contribution in [-0.4, -0.2) is 15.9 Å².